The highest BCUT2D eigenvalue weighted by atomic mass is 35.5. The van der Waals surface area contributed by atoms with E-state index in [4.69, 9.17) is 11.6 Å². The number of allylic oxidation sites excluding steroid dienone is 2. The molecule has 0 bridgehead atoms. The van der Waals surface area contributed by atoms with E-state index in [-0.39, 0.29) is 34.7 Å². The van der Waals surface area contributed by atoms with Crippen LogP contribution in [-0.2, 0) is 19.2 Å². The number of phenols is 1. The van der Waals surface area contributed by atoms with E-state index in [2.05, 4.69) is 0 Å². The van der Waals surface area contributed by atoms with Gasteiger partial charge in [0, 0.05) is 18.0 Å². The molecule has 7 nitrogen and oxygen atoms in total. The van der Waals surface area contributed by atoms with Gasteiger partial charge >= 0.3 is 0 Å². The maximum atomic E-state index is 14.6. The van der Waals surface area contributed by atoms with E-state index < -0.39 is 52.6 Å². The Kier molecular flexibility index (Phi) is 6.29. The molecule has 7 rings (SSSR count). The number of imide groups is 2. The summed E-state index contributed by atoms with van der Waals surface area (Å²) in [5.41, 5.74) is 0.131. The van der Waals surface area contributed by atoms with E-state index in [0.717, 1.165) is 27.3 Å². The lowest BCUT2D eigenvalue weighted by Gasteiger charge is -2.49. The maximum absolute atomic E-state index is 14.6. The SMILES string of the molecule is CCCN1C(=O)[C@H]2[C@H](CC=C3[C@H]2C[C@H]2C(=O)N(c4ccc(F)c(Cl)c4)C(=O)[C@@]2(C)[C@H]3c2c(O)ccc3ccccc23)C1=O. The van der Waals surface area contributed by atoms with Crippen molar-refractivity contribution in [3.05, 3.63) is 82.6 Å². The number of hydrogen-bond acceptors (Lipinski definition) is 5. The monoisotopic (exact) mass is 600 g/mol. The second-order valence-corrected chi connectivity index (χ2v) is 12.7. The summed E-state index contributed by atoms with van der Waals surface area (Å²) in [5.74, 6) is -5.36. The predicted octanol–water partition coefficient (Wildman–Crippen LogP) is 5.98. The first-order valence-electron chi connectivity index (χ1n) is 14.7. The van der Waals surface area contributed by atoms with Crippen molar-refractivity contribution in [2.75, 3.05) is 11.4 Å². The Morgan fingerprint density at radius 1 is 1.00 bits per heavy atom. The van der Waals surface area contributed by atoms with Gasteiger partial charge in [-0.1, -0.05) is 60.5 Å². The van der Waals surface area contributed by atoms with Gasteiger partial charge in [-0.3, -0.25) is 24.1 Å². The highest BCUT2D eigenvalue weighted by Crippen LogP contribution is 2.65. The van der Waals surface area contributed by atoms with Crippen LogP contribution in [0.3, 0.4) is 0 Å². The summed E-state index contributed by atoms with van der Waals surface area (Å²) in [7, 11) is 0. The molecule has 2 aliphatic carbocycles. The maximum Gasteiger partial charge on any atom is 0.241 e. The Bertz CT molecular complexity index is 1790. The number of nitrogens with zero attached hydrogens (tertiary/aromatic N) is 2. The standard InChI is InChI=1S/C34H30ClFN2O5/c1-3-14-37-30(40)21-11-10-20-22(27(21)32(37)42)16-23-31(41)38(18-9-12-25(36)24(35)15-18)33(43)34(23,2)29(20)28-19-7-5-4-6-17(19)8-13-26(28)39/h4-10,12-13,15,21-23,27,29,39H,3,11,14,16H2,1-2H3/t21-,22+,23-,27-,29+,34+/m0/s1. The molecular weight excluding hydrogens is 571 g/mol. The second-order valence-electron chi connectivity index (χ2n) is 12.3. The highest BCUT2D eigenvalue weighted by Gasteiger charge is 2.68. The quantitative estimate of drug-likeness (QED) is 0.294. The zero-order valence-electron chi connectivity index (χ0n) is 23.7. The van der Waals surface area contributed by atoms with Crippen molar-refractivity contribution in [3.8, 4) is 5.75 Å². The van der Waals surface area contributed by atoms with Gasteiger partial charge in [0.15, 0.2) is 0 Å². The molecule has 220 valence electrons. The van der Waals surface area contributed by atoms with Crippen molar-refractivity contribution in [2.24, 2.45) is 29.1 Å². The van der Waals surface area contributed by atoms with Crippen molar-refractivity contribution in [1.29, 1.82) is 0 Å². The summed E-state index contributed by atoms with van der Waals surface area (Å²) in [5, 5.41) is 12.8. The topological polar surface area (TPSA) is 95.0 Å². The third kappa shape index (κ3) is 3.71. The van der Waals surface area contributed by atoms with Crippen LogP contribution in [0.15, 0.2) is 66.2 Å². The molecule has 2 saturated heterocycles. The van der Waals surface area contributed by atoms with Gasteiger partial charge in [0.25, 0.3) is 0 Å². The molecule has 6 atom stereocenters. The predicted molar refractivity (Wildman–Crippen MR) is 159 cm³/mol. The van der Waals surface area contributed by atoms with Crippen molar-refractivity contribution in [3.63, 3.8) is 0 Å². The molecule has 1 saturated carbocycles. The van der Waals surface area contributed by atoms with E-state index in [1.165, 1.54) is 17.0 Å². The minimum Gasteiger partial charge on any atom is -0.508 e. The smallest absolute Gasteiger partial charge is 0.241 e. The van der Waals surface area contributed by atoms with Gasteiger partial charge in [0.1, 0.15) is 11.6 Å². The molecular formula is C34H30ClFN2O5. The fourth-order valence-electron chi connectivity index (χ4n) is 8.29. The van der Waals surface area contributed by atoms with Crippen molar-refractivity contribution >= 4 is 51.7 Å². The molecule has 3 aromatic carbocycles. The highest BCUT2D eigenvalue weighted by molar-refractivity contribution is 6.31. The Balaban J connectivity index is 1.45. The third-order valence-corrected chi connectivity index (χ3v) is 10.5. The number of amides is 4. The molecule has 2 aliphatic heterocycles. The van der Waals surface area contributed by atoms with E-state index in [0.29, 0.717) is 24.9 Å². The van der Waals surface area contributed by atoms with Crippen LogP contribution in [0.2, 0.25) is 5.02 Å². The summed E-state index contributed by atoms with van der Waals surface area (Å²) in [4.78, 5) is 58.5. The molecule has 4 amide bonds. The fourth-order valence-corrected chi connectivity index (χ4v) is 8.46. The van der Waals surface area contributed by atoms with Gasteiger partial charge in [-0.15, -0.1) is 0 Å². The fraction of sp³-hybridized carbons (Fsp3) is 0.353. The number of fused-ring (bicyclic) bond motifs is 5. The average molecular weight is 601 g/mol. The number of hydrogen-bond donors (Lipinski definition) is 1. The Morgan fingerprint density at radius 2 is 1.77 bits per heavy atom. The normalized spacial score (nSPS) is 30.0. The van der Waals surface area contributed by atoms with E-state index in [9.17, 15) is 28.7 Å². The van der Waals surface area contributed by atoms with Crippen LogP contribution in [0.4, 0.5) is 10.1 Å². The molecule has 4 aliphatic rings. The number of phenolic OH excluding ortho intramolecular Hbond substituents is 1. The van der Waals surface area contributed by atoms with Crippen LogP contribution in [0, 0.1) is 34.9 Å². The van der Waals surface area contributed by atoms with E-state index >= 15 is 0 Å². The lowest BCUT2D eigenvalue weighted by molar-refractivity contribution is -0.140. The van der Waals surface area contributed by atoms with E-state index in [1.807, 2.05) is 37.3 Å². The molecule has 0 radical (unpaired) electrons. The molecule has 3 fully saturated rings. The molecule has 0 aromatic heterocycles. The lowest BCUT2D eigenvalue weighted by Crippen LogP contribution is -2.49. The van der Waals surface area contributed by atoms with Gasteiger partial charge in [-0.2, -0.15) is 0 Å². The number of carbonyl (C=O) groups is 4. The Morgan fingerprint density at radius 3 is 2.51 bits per heavy atom. The van der Waals surface area contributed by atoms with Crippen molar-refractivity contribution in [1.82, 2.24) is 4.90 Å². The zero-order chi connectivity index (χ0) is 30.4. The first-order valence-corrected chi connectivity index (χ1v) is 15.1. The lowest BCUT2D eigenvalue weighted by atomic mass is 9.51. The summed E-state index contributed by atoms with van der Waals surface area (Å²) in [6, 6.07) is 14.7. The van der Waals surface area contributed by atoms with Crippen LogP contribution < -0.4 is 4.90 Å². The average Bonchev–Trinajstić information content (AvgIpc) is 3.35. The van der Waals surface area contributed by atoms with Gasteiger partial charge in [0.2, 0.25) is 23.6 Å². The molecule has 2 heterocycles. The number of rotatable bonds is 4. The van der Waals surface area contributed by atoms with Crippen LogP contribution in [0.25, 0.3) is 10.8 Å². The van der Waals surface area contributed by atoms with Crippen molar-refractivity contribution < 1.29 is 28.7 Å². The minimum absolute atomic E-state index is 0.0164. The summed E-state index contributed by atoms with van der Waals surface area (Å²) in [6.07, 6.45) is 3.14. The van der Waals surface area contributed by atoms with Gasteiger partial charge in [-0.25, -0.2) is 9.29 Å². The van der Waals surface area contributed by atoms with Crippen LogP contribution in [0.5, 0.6) is 5.75 Å². The first-order chi connectivity index (χ1) is 20.6. The number of benzene rings is 3. The minimum atomic E-state index is -1.34. The molecule has 43 heavy (non-hydrogen) atoms. The Labute approximate surface area is 252 Å². The summed E-state index contributed by atoms with van der Waals surface area (Å²) in [6.45, 7) is 4.00. The van der Waals surface area contributed by atoms with Gasteiger partial charge in [-0.05, 0) is 67.1 Å². The van der Waals surface area contributed by atoms with Crippen molar-refractivity contribution in [2.45, 2.75) is 39.0 Å². The molecule has 0 unspecified atom stereocenters. The molecule has 0 spiro atoms. The van der Waals surface area contributed by atoms with Gasteiger partial charge < -0.3 is 5.11 Å². The number of likely N-dealkylation sites (tertiary alicyclic amines) is 1. The molecule has 1 N–H and O–H groups in total. The number of carbonyl (C=O) groups excluding carboxylic acids is 4. The van der Waals surface area contributed by atoms with Gasteiger partial charge in [0.05, 0.1) is 33.9 Å². The largest absolute Gasteiger partial charge is 0.508 e. The second kappa shape index (κ2) is 9.74. The van der Waals surface area contributed by atoms with Crippen LogP contribution >= 0.6 is 11.6 Å². The first kappa shape index (κ1) is 27.8. The summed E-state index contributed by atoms with van der Waals surface area (Å²) >= 11 is 6.07. The van der Waals surface area contributed by atoms with Crippen LogP contribution in [-0.4, -0.2) is 40.2 Å². The molecule has 9 heteroatoms. The summed E-state index contributed by atoms with van der Waals surface area (Å²) < 4.78 is 14.1. The molecule has 3 aromatic rings. The van der Waals surface area contributed by atoms with Crippen LogP contribution in [0.1, 0.15) is 44.6 Å². The number of halogens is 2. The van der Waals surface area contributed by atoms with E-state index in [1.54, 1.807) is 19.1 Å². The zero-order valence-corrected chi connectivity index (χ0v) is 24.5. The Hall–Kier alpha value is -4.04. The number of aromatic hydroxyl groups is 1. The number of anilines is 1. The third-order valence-electron chi connectivity index (χ3n) is 10.2.